The van der Waals surface area contributed by atoms with Gasteiger partial charge in [-0.05, 0) is 39.8 Å². The van der Waals surface area contributed by atoms with Gasteiger partial charge in [0, 0.05) is 20.2 Å². The monoisotopic (exact) mass is 318 g/mol. The SMILES string of the molecule is COCC1(C(=O)N2CCS(=O)(=O)C(C)(C)C2)CCNCC1. The minimum atomic E-state index is -3.13. The van der Waals surface area contributed by atoms with E-state index >= 15 is 0 Å². The summed E-state index contributed by atoms with van der Waals surface area (Å²) in [7, 11) is -1.51. The van der Waals surface area contributed by atoms with Crippen LogP contribution in [0.15, 0.2) is 0 Å². The number of hydrogen-bond acceptors (Lipinski definition) is 5. The van der Waals surface area contributed by atoms with Crippen molar-refractivity contribution in [2.45, 2.75) is 31.4 Å². The van der Waals surface area contributed by atoms with Gasteiger partial charge in [0.05, 0.1) is 22.5 Å². The van der Waals surface area contributed by atoms with Crippen molar-refractivity contribution in [3.8, 4) is 0 Å². The Labute approximate surface area is 127 Å². The molecule has 0 aromatic rings. The molecule has 2 fully saturated rings. The van der Waals surface area contributed by atoms with E-state index in [2.05, 4.69) is 5.32 Å². The zero-order valence-corrected chi connectivity index (χ0v) is 14.0. The largest absolute Gasteiger partial charge is 0.384 e. The number of rotatable bonds is 3. The van der Waals surface area contributed by atoms with Gasteiger partial charge in [-0.1, -0.05) is 0 Å². The Bertz CT molecular complexity index is 490. The molecule has 2 saturated heterocycles. The van der Waals surface area contributed by atoms with Crippen molar-refractivity contribution >= 4 is 15.7 Å². The van der Waals surface area contributed by atoms with Gasteiger partial charge in [-0.2, -0.15) is 0 Å². The number of methoxy groups -OCH3 is 1. The molecule has 0 saturated carbocycles. The topological polar surface area (TPSA) is 75.7 Å². The Morgan fingerprint density at radius 3 is 2.43 bits per heavy atom. The van der Waals surface area contributed by atoms with E-state index in [1.807, 2.05) is 0 Å². The smallest absolute Gasteiger partial charge is 0.231 e. The average Bonchev–Trinajstić information content (AvgIpc) is 2.42. The third-order valence-corrected chi connectivity index (χ3v) is 7.30. The lowest BCUT2D eigenvalue weighted by Gasteiger charge is -2.44. The summed E-state index contributed by atoms with van der Waals surface area (Å²) < 4.78 is 28.6. The van der Waals surface area contributed by atoms with Crippen LogP contribution in [0.25, 0.3) is 0 Å². The van der Waals surface area contributed by atoms with Gasteiger partial charge in [-0.15, -0.1) is 0 Å². The van der Waals surface area contributed by atoms with E-state index in [1.165, 1.54) is 0 Å². The predicted octanol–water partition coefficient (Wildman–Crippen LogP) is 0.0382. The van der Waals surface area contributed by atoms with Crippen LogP contribution in [0.5, 0.6) is 0 Å². The molecule has 122 valence electrons. The molecule has 0 aliphatic carbocycles. The van der Waals surface area contributed by atoms with Crippen molar-refractivity contribution in [2.75, 3.05) is 45.6 Å². The number of hydrogen-bond donors (Lipinski definition) is 1. The number of nitrogens with one attached hydrogen (secondary N) is 1. The molecule has 0 aromatic heterocycles. The van der Waals surface area contributed by atoms with E-state index in [4.69, 9.17) is 4.74 Å². The highest BCUT2D eigenvalue weighted by atomic mass is 32.2. The molecule has 1 N–H and O–H groups in total. The summed E-state index contributed by atoms with van der Waals surface area (Å²) in [5.74, 6) is 0.0985. The minimum Gasteiger partial charge on any atom is -0.384 e. The van der Waals surface area contributed by atoms with Crippen LogP contribution < -0.4 is 5.32 Å². The lowest BCUT2D eigenvalue weighted by atomic mass is 9.78. The van der Waals surface area contributed by atoms with E-state index < -0.39 is 20.0 Å². The number of sulfone groups is 1. The molecule has 6 nitrogen and oxygen atoms in total. The van der Waals surface area contributed by atoms with Gasteiger partial charge in [0.25, 0.3) is 0 Å². The quantitative estimate of drug-likeness (QED) is 0.795. The molecule has 7 heteroatoms. The van der Waals surface area contributed by atoms with Crippen LogP contribution in [0.2, 0.25) is 0 Å². The van der Waals surface area contributed by atoms with Crippen molar-refractivity contribution in [1.29, 1.82) is 0 Å². The molecule has 2 aliphatic heterocycles. The van der Waals surface area contributed by atoms with Crippen molar-refractivity contribution in [3.05, 3.63) is 0 Å². The average molecular weight is 318 g/mol. The lowest BCUT2D eigenvalue weighted by Crippen LogP contribution is -2.59. The molecular weight excluding hydrogens is 292 g/mol. The van der Waals surface area contributed by atoms with Crippen LogP contribution in [0, 0.1) is 5.41 Å². The Kier molecular flexibility index (Phi) is 4.66. The molecule has 1 amide bonds. The Morgan fingerprint density at radius 1 is 1.29 bits per heavy atom. The first-order valence-corrected chi connectivity index (χ1v) is 9.11. The van der Waals surface area contributed by atoms with Crippen LogP contribution >= 0.6 is 0 Å². The fraction of sp³-hybridized carbons (Fsp3) is 0.929. The summed E-state index contributed by atoms with van der Waals surface area (Å²) >= 11 is 0. The van der Waals surface area contributed by atoms with Gasteiger partial charge in [-0.3, -0.25) is 4.79 Å². The zero-order valence-electron chi connectivity index (χ0n) is 13.1. The Morgan fingerprint density at radius 2 is 1.90 bits per heavy atom. The van der Waals surface area contributed by atoms with Crippen molar-refractivity contribution in [3.63, 3.8) is 0 Å². The van der Waals surface area contributed by atoms with Crippen LogP contribution in [0.4, 0.5) is 0 Å². The molecule has 0 bridgehead atoms. The minimum absolute atomic E-state index is 0.0487. The van der Waals surface area contributed by atoms with E-state index in [0.717, 1.165) is 25.9 Å². The maximum Gasteiger partial charge on any atom is 0.231 e. The number of ether oxygens (including phenoxy) is 1. The summed E-state index contributed by atoms with van der Waals surface area (Å²) in [5.41, 5.74) is -0.503. The highest BCUT2D eigenvalue weighted by Gasteiger charge is 2.47. The molecule has 2 heterocycles. The Hall–Kier alpha value is -0.660. The second-order valence-corrected chi connectivity index (χ2v) is 9.51. The first-order valence-electron chi connectivity index (χ1n) is 7.45. The normalized spacial score (nSPS) is 27.3. The molecule has 2 aliphatic rings. The van der Waals surface area contributed by atoms with Gasteiger partial charge >= 0.3 is 0 Å². The van der Waals surface area contributed by atoms with Crippen LogP contribution in [0.3, 0.4) is 0 Å². The highest BCUT2D eigenvalue weighted by Crippen LogP contribution is 2.34. The first kappa shape index (κ1) is 16.7. The predicted molar refractivity (Wildman–Crippen MR) is 80.9 cm³/mol. The second-order valence-electron chi connectivity index (χ2n) is 6.77. The van der Waals surface area contributed by atoms with Gasteiger partial charge in [0.1, 0.15) is 0 Å². The summed E-state index contributed by atoms with van der Waals surface area (Å²) in [6, 6.07) is 0. The molecule has 0 radical (unpaired) electrons. The molecule has 2 rings (SSSR count). The third kappa shape index (κ3) is 3.10. The summed E-state index contributed by atoms with van der Waals surface area (Å²) in [6.45, 7) is 5.96. The van der Waals surface area contributed by atoms with Crippen molar-refractivity contribution in [2.24, 2.45) is 5.41 Å². The number of carbonyl (C=O) groups excluding carboxylic acids is 1. The van der Waals surface area contributed by atoms with Crippen LogP contribution in [-0.4, -0.2) is 69.6 Å². The Balaban J connectivity index is 2.18. The van der Waals surface area contributed by atoms with Crippen LogP contribution in [0.1, 0.15) is 26.7 Å². The van der Waals surface area contributed by atoms with Crippen molar-refractivity contribution < 1.29 is 17.9 Å². The molecule has 0 spiro atoms. The van der Waals surface area contributed by atoms with Crippen LogP contribution in [-0.2, 0) is 19.4 Å². The van der Waals surface area contributed by atoms with E-state index in [9.17, 15) is 13.2 Å². The summed E-state index contributed by atoms with van der Waals surface area (Å²) in [6.07, 6.45) is 1.48. The van der Waals surface area contributed by atoms with Crippen molar-refractivity contribution in [1.82, 2.24) is 10.2 Å². The molecule has 21 heavy (non-hydrogen) atoms. The maximum absolute atomic E-state index is 13.0. The van der Waals surface area contributed by atoms with Gasteiger partial charge in [-0.25, -0.2) is 8.42 Å². The standard InChI is InChI=1S/C14H26N2O4S/c1-13(2)10-16(8-9-21(13,18)19)12(17)14(11-20-3)4-6-15-7-5-14/h15H,4-11H2,1-3H3. The molecule has 0 unspecified atom stereocenters. The molecule has 0 aromatic carbocycles. The first-order chi connectivity index (χ1) is 9.74. The van der Waals surface area contributed by atoms with Gasteiger partial charge in [0.15, 0.2) is 9.84 Å². The van der Waals surface area contributed by atoms with Gasteiger partial charge < -0.3 is 15.0 Å². The highest BCUT2D eigenvalue weighted by molar-refractivity contribution is 7.92. The second kappa shape index (κ2) is 5.85. The fourth-order valence-corrected chi connectivity index (χ4v) is 4.62. The third-order valence-electron chi connectivity index (χ3n) is 4.77. The summed E-state index contributed by atoms with van der Waals surface area (Å²) in [4.78, 5) is 14.7. The van der Waals surface area contributed by atoms with Gasteiger partial charge in [0.2, 0.25) is 5.91 Å². The number of carbonyl (C=O) groups is 1. The summed E-state index contributed by atoms with van der Waals surface area (Å²) in [5, 5.41) is 3.26. The van der Waals surface area contributed by atoms with E-state index in [-0.39, 0.29) is 18.2 Å². The maximum atomic E-state index is 13.0. The lowest BCUT2D eigenvalue weighted by molar-refractivity contribution is -0.148. The van der Waals surface area contributed by atoms with E-state index in [1.54, 1.807) is 25.9 Å². The fourth-order valence-electron chi connectivity index (χ4n) is 3.25. The zero-order chi connectivity index (χ0) is 15.7. The van der Waals surface area contributed by atoms with E-state index in [0.29, 0.717) is 13.2 Å². The number of amides is 1. The number of piperidine rings is 1. The number of nitrogens with zero attached hydrogens (tertiary/aromatic N) is 1. The molecular formula is C14H26N2O4S. The molecule has 0 atom stereocenters.